The van der Waals surface area contributed by atoms with Crippen LogP contribution in [0, 0.1) is 5.92 Å². The van der Waals surface area contributed by atoms with Crippen LogP contribution in [0.2, 0.25) is 0 Å². The molecule has 0 aromatic heterocycles. The fourth-order valence-electron chi connectivity index (χ4n) is 3.08. The van der Waals surface area contributed by atoms with E-state index in [-0.39, 0.29) is 12.0 Å². The molecule has 4 nitrogen and oxygen atoms in total. The van der Waals surface area contributed by atoms with Gasteiger partial charge in [0.1, 0.15) is 0 Å². The average Bonchev–Trinajstić information content (AvgIpc) is 2.73. The summed E-state index contributed by atoms with van der Waals surface area (Å²) in [7, 11) is 2.04. The molecule has 90 valence electrons. The number of hydrogen-bond donors (Lipinski definition) is 1. The fraction of sp³-hybridized carbons (Fsp3) is 0.462. The molecular formula is C13H16N2O2. The Morgan fingerprint density at radius 3 is 2.76 bits per heavy atom. The number of carboxylic acids is 1. The predicted molar refractivity (Wildman–Crippen MR) is 66.6 cm³/mol. The maximum atomic E-state index is 11.2. The maximum absolute atomic E-state index is 11.2. The SMILES string of the molecule is CN1CC2C(C(=O)O)CCN2c2ccccc21. The number of rotatable bonds is 1. The van der Waals surface area contributed by atoms with E-state index in [2.05, 4.69) is 21.9 Å². The number of hydrogen-bond acceptors (Lipinski definition) is 3. The van der Waals surface area contributed by atoms with E-state index in [1.165, 1.54) is 11.4 Å². The number of aliphatic carboxylic acids is 1. The summed E-state index contributed by atoms with van der Waals surface area (Å²) in [4.78, 5) is 15.7. The van der Waals surface area contributed by atoms with Gasteiger partial charge in [0.25, 0.3) is 0 Å². The number of likely N-dealkylation sites (N-methyl/N-ethyl adjacent to an activating group) is 1. The summed E-state index contributed by atoms with van der Waals surface area (Å²) in [6.07, 6.45) is 0.752. The molecule has 3 rings (SSSR count). The molecule has 2 atom stereocenters. The molecule has 0 bridgehead atoms. The fourth-order valence-corrected chi connectivity index (χ4v) is 3.08. The lowest BCUT2D eigenvalue weighted by atomic mass is 9.98. The molecule has 0 aliphatic carbocycles. The highest BCUT2D eigenvalue weighted by Gasteiger charge is 2.42. The zero-order valence-corrected chi connectivity index (χ0v) is 9.84. The molecule has 4 heteroatoms. The van der Waals surface area contributed by atoms with Crippen molar-refractivity contribution in [2.24, 2.45) is 5.92 Å². The first kappa shape index (κ1) is 10.4. The molecule has 1 saturated heterocycles. The smallest absolute Gasteiger partial charge is 0.308 e. The van der Waals surface area contributed by atoms with Gasteiger partial charge in [0, 0.05) is 20.1 Å². The summed E-state index contributed by atoms with van der Waals surface area (Å²) in [6, 6.07) is 8.35. The van der Waals surface area contributed by atoms with Gasteiger partial charge in [0.15, 0.2) is 0 Å². The standard InChI is InChI=1S/C13H16N2O2/c1-14-8-12-9(13(16)17)6-7-15(12)11-5-3-2-4-10(11)14/h2-5,9,12H,6-8H2,1H3,(H,16,17). The minimum Gasteiger partial charge on any atom is -0.481 e. The van der Waals surface area contributed by atoms with Crippen LogP contribution in [0.5, 0.6) is 0 Å². The van der Waals surface area contributed by atoms with Crippen molar-refractivity contribution in [1.29, 1.82) is 0 Å². The minimum atomic E-state index is -0.662. The topological polar surface area (TPSA) is 43.8 Å². The molecule has 1 fully saturated rings. The van der Waals surface area contributed by atoms with Gasteiger partial charge < -0.3 is 14.9 Å². The molecule has 2 aliphatic rings. The van der Waals surface area contributed by atoms with Crippen LogP contribution in [0.25, 0.3) is 0 Å². The van der Waals surface area contributed by atoms with Gasteiger partial charge in [-0.15, -0.1) is 0 Å². The van der Waals surface area contributed by atoms with Gasteiger partial charge in [-0.1, -0.05) is 12.1 Å². The van der Waals surface area contributed by atoms with Crippen LogP contribution in [-0.2, 0) is 4.79 Å². The molecule has 2 heterocycles. The quantitative estimate of drug-likeness (QED) is 0.795. The van der Waals surface area contributed by atoms with Gasteiger partial charge in [-0.2, -0.15) is 0 Å². The molecule has 2 unspecified atom stereocenters. The molecule has 0 radical (unpaired) electrons. The van der Waals surface area contributed by atoms with E-state index in [0.29, 0.717) is 0 Å². The predicted octanol–water partition coefficient (Wildman–Crippen LogP) is 1.42. The molecule has 1 aromatic carbocycles. The van der Waals surface area contributed by atoms with Crippen LogP contribution < -0.4 is 9.80 Å². The van der Waals surface area contributed by atoms with Crippen molar-refractivity contribution in [3.05, 3.63) is 24.3 Å². The lowest BCUT2D eigenvalue weighted by Crippen LogP contribution is -2.48. The lowest BCUT2D eigenvalue weighted by Gasteiger charge is -2.40. The van der Waals surface area contributed by atoms with E-state index in [4.69, 9.17) is 0 Å². The highest BCUT2D eigenvalue weighted by molar-refractivity contribution is 5.79. The molecular weight excluding hydrogens is 216 g/mol. The van der Waals surface area contributed by atoms with E-state index in [1.807, 2.05) is 19.2 Å². The van der Waals surface area contributed by atoms with Gasteiger partial charge in [0.2, 0.25) is 0 Å². The highest BCUT2D eigenvalue weighted by atomic mass is 16.4. The molecule has 0 amide bonds. The van der Waals surface area contributed by atoms with Crippen molar-refractivity contribution < 1.29 is 9.90 Å². The van der Waals surface area contributed by atoms with Crippen molar-refractivity contribution in [3.8, 4) is 0 Å². The van der Waals surface area contributed by atoms with Gasteiger partial charge in [-0.25, -0.2) is 0 Å². The number of nitrogens with zero attached hydrogens (tertiary/aromatic N) is 2. The summed E-state index contributed by atoms with van der Waals surface area (Å²) >= 11 is 0. The number of fused-ring (bicyclic) bond motifs is 3. The van der Waals surface area contributed by atoms with E-state index in [9.17, 15) is 9.90 Å². The zero-order chi connectivity index (χ0) is 12.0. The average molecular weight is 232 g/mol. The molecule has 17 heavy (non-hydrogen) atoms. The molecule has 2 aliphatic heterocycles. The molecule has 0 spiro atoms. The maximum Gasteiger partial charge on any atom is 0.308 e. The Bertz CT molecular complexity index is 460. The Morgan fingerprint density at radius 2 is 2.06 bits per heavy atom. The van der Waals surface area contributed by atoms with Crippen molar-refractivity contribution in [3.63, 3.8) is 0 Å². The second-order valence-corrected chi connectivity index (χ2v) is 4.86. The third-order valence-corrected chi connectivity index (χ3v) is 3.93. The summed E-state index contributed by atoms with van der Waals surface area (Å²) in [6.45, 7) is 1.65. The summed E-state index contributed by atoms with van der Waals surface area (Å²) < 4.78 is 0. The van der Waals surface area contributed by atoms with E-state index in [1.54, 1.807) is 0 Å². The Labute approximate surface area is 100 Å². The van der Waals surface area contributed by atoms with Crippen molar-refractivity contribution in [2.45, 2.75) is 12.5 Å². The number of carboxylic acid groups (broad SMARTS) is 1. The van der Waals surface area contributed by atoms with E-state index < -0.39 is 5.97 Å². The summed E-state index contributed by atoms with van der Waals surface area (Å²) in [5.41, 5.74) is 2.38. The van der Waals surface area contributed by atoms with Crippen LogP contribution in [-0.4, -0.2) is 37.3 Å². The third kappa shape index (κ3) is 1.47. The number of para-hydroxylation sites is 2. The van der Waals surface area contributed by atoms with Gasteiger partial charge in [-0.05, 0) is 18.6 Å². The molecule has 0 saturated carbocycles. The number of carbonyl (C=O) groups is 1. The Balaban J connectivity index is 2.01. The number of anilines is 2. The minimum absolute atomic E-state index is 0.118. The Morgan fingerprint density at radius 1 is 1.35 bits per heavy atom. The second-order valence-electron chi connectivity index (χ2n) is 4.86. The second kappa shape index (κ2) is 3.65. The van der Waals surface area contributed by atoms with Crippen LogP contribution in [0.1, 0.15) is 6.42 Å². The van der Waals surface area contributed by atoms with Crippen molar-refractivity contribution in [2.75, 3.05) is 29.9 Å². The first-order valence-corrected chi connectivity index (χ1v) is 5.98. The van der Waals surface area contributed by atoms with E-state index >= 15 is 0 Å². The zero-order valence-electron chi connectivity index (χ0n) is 9.84. The Hall–Kier alpha value is -1.71. The molecule has 1 N–H and O–H groups in total. The summed E-state index contributed by atoms with van der Waals surface area (Å²) in [5.74, 6) is -0.893. The van der Waals surface area contributed by atoms with Crippen LogP contribution in [0.3, 0.4) is 0 Å². The third-order valence-electron chi connectivity index (χ3n) is 3.93. The summed E-state index contributed by atoms with van der Waals surface area (Å²) in [5, 5.41) is 9.24. The first-order valence-electron chi connectivity index (χ1n) is 5.98. The van der Waals surface area contributed by atoms with Gasteiger partial charge in [-0.3, -0.25) is 4.79 Å². The lowest BCUT2D eigenvalue weighted by molar-refractivity contribution is -0.141. The van der Waals surface area contributed by atoms with Crippen molar-refractivity contribution in [1.82, 2.24) is 0 Å². The molecule has 1 aromatic rings. The van der Waals surface area contributed by atoms with Crippen LogP contribution in [0.15, 0.2) is 24.3 Å². The normalized spacial score (nSPS) is 26.6. The van der Waals surface area contributed by atoms with Crippen LogP contribution in [0.4, 0.5) is 11.4 Å². The van der Waals surface area contributed by atoms with Gasteiger partial charge in [0.05, 0.1) is 23.3 Å². The van der Waals surface area contributed by atoms with Crippen LogP contribution >= 0.6 is 0 Å². The highest BCUT2D eigenvalue weighted by Crippen LogP contribution is 2.40. The van der Waals surface area contributed by atoms with Gasteiger partial charge >= 0.3 is 5.97 Å². The van der Waals surface area contributed by atoms with Crippen molar-refractivity contribution >= 4 is 17.3 Å². The largest absolute Gasteiger partial charge is 0.481 e. The number of benzene rings is 1. The van der Waals surface area contributed by atoms with E-state index in [0.717, 1.165) is 19.5 Å². The first-order chi connectivity index (χ1) is 8.18. The Kier molecular flexibility index (Phi) is 2.24. The monoisotopic (exact) mass is 232 g/mol.